The summed E-state index contributed by atoms with van der Waals surface area (Å²) in [5.41, 5.74) is 5.31. The summed E-state index contributed by atoms with van der Waals surface area (Å²) in [6.07, 6.45) is 2.72. The second-order valence-electron chi connectivity index (χ2n) is 6.34. The molecule has 1 aliphatic rings. The van der Waals surface area contributed by atoms with Crippen LogP contribution >= 0.6 is 0 Å². The maximum atomic E-state index is 12.1. The van der Waals surface area contributed by atoms with Crippen molar-refractivity contribution in [3.05, 3.63) is 0 Å². The van der Waals surface area contributed by atoms with Crippen molar-refractivity contribution in [1.82, 2.24) is 4.90 Å². The predicted octanol–water partition coefficient (Wildman–Crippen LogP) is 1.53. The summed E-state index contributed by atoms with van der Waals surface area (Å²) in [6, 6.07) is 0. The highest BCUT2D eigenvalue weighted by molar-refractivity contribution is 5.76. The number of nitrogens with two attached hydrogens (primary N) is 1. The number of ether oxygens (including phenoxy) is 3. The number of likely N-dealkylation sites (tertiary alicyclic amines) is 1. The number of rotatable bonds is 12. The summed E-state index contributed by atoms with van der Waals surface area (Å²) in [5.74, 6) is 1.70. The Morgan fingerprint density at radius 2 is 1.57 bits per heavy atom. The van der Waals surface area contributed by atoms with Gasteiger partial charge in [0, 0.05) is 21.1 Å². The molecule has 0 unspecified atom stereocenters. The first-order valence-electron chi connectivity index (χ1n) is 8.86. The summed E-state index contributed by atoms with van der Waals surface area (Å²) < 4.78 is 16.0. The van der Waals surface area contributed by atoms with Crippen LogP contribution in [-0.2, 0) is 19.0 Å². The smallest absolute Gasteiger partial charge is 0.224 e. The lowest BCUT2D eigenvalue weighted by Gasteiger charge is -2.34. The zero-order valence-electron chi connectivity index (χ0n) is 14.8. The fraction of sp³-hybridized carbons (Fsp3) is 0.941. The molecule has 1 amide bonds. The molecule has 0 aromatic carbocycles. The van der Waals surface area contributed by atoms with Crippen molar-refractivity contribution in [2.45, 2.75) is 33.1 Å². The van der Waals surface area contributed by atoms with Gasteiger partial charge in [-0.3, -0.25) is 4.79 Å². The van der Waals surface area contributed by atoms with E-state index in [1.54, 1.807) is 0 Å². The first kappa shape index (κ1) is 20.4. The molecule has 1 rings (SSSR count). The molecule has 0 spiro atoms. The van der Waals surface area contributed by atoms with E-state index in [0.29, 0.717) is 52.6 Å². The lowest BCUT2D eigenvalue weighted by Crippen LogP contribution is -2.39. The number of nitrogens with zero attached hydrogens (tertiary/aromatic N) is 1. The Balaban J connectivity index is 0.00000529. The molecule has 0 atom stereocenters. The van der Waals surface area contributed by atoms with Crippen molar-refractivity contribution in [2.75, 3.05) is 59.3 Å². The minimum absolute atomic E-state index is 0. The fourth-order valence-corrected chi connectivity index (χ4v) is 2.76. The van der Waals surface area contributed by atoms with Crippen molar-refractivity contribution >= 4 is 5.91 Å². The predicted molar refractivity (Wildman–Crippen MR) is 92.4 cm³/mol. The second kappa shape index (κ2) is 12.7. The average Bonchev–Trinajstić information content (AvgIpc) is 2.56. The molecule has 6 heteroatoms. The Morgan fingerprint density at radius 3 is 2.09 bits per heavy atom. The summed E-state index contributed by atoms with van der Waals surface area (Å²) >= 11 is 0. The van der Waals surface area contributed by atoms with Crippen LogP contribution in [0.1, 0.15) is 34.5 Å². The van der Waals surface area contributed by atoms with Crippen molar-refractivity contribution in [3.63, 3.8) is 0 Å². The largest absolute Gasteiger partial charge is 0.379 e. The summed E-state index contributed by atoms with van der Waals surface area (Å²) in [4.78, 5) is 14.1. The van der Waals surface area contributed by atoms with Gasteiger partial charge in [-0.25, -0.2) is 0 Å². The van der Waals surface area contributed by atoms with Crippen LogP contribution < -0.4 is 5.73 Å². The lowest BCUT2D eigenvalue weighted by atomic mass is 9.86. The number of carbonyl (C=O) groups excluding carboxylic acids is 1. The molecule has 23 heavy (non-hydrogen) atoms. The van der Waals surface area contributed by atoms with E-state index in [1.807, 2.05) is 4.90 Å². The SMILES string of the molecule is CC(C)C1CCN(C(=O)CCOCCOCCOCCN)CC1.[HH]. The van der Waals surface area contributed by atoms with Crippen LogP contribution in [0.5, 0.6) is 0 Å². The number of hydrogen-bond acceptors (Lipinski definition) is 5. The van der Waals surface area contributed by atoms with Crippen LogP contribution in [0.25, 0.3) is 0 Å². The molecule has 1 aliphatic heterocycles. The summed E-state index contributed by atoms with van der Waals surface area (Å²) in [5, 5.41) is 0. The molecule has 0 radical (unpaired) electrons. The van der Waals surface area contributed by atoms with Gasteiger partial charge in [-0.2, -0.15) is 0 Å². The molecule has 6 nitrogen and oxygen atoms in total. The highest BCUT2D eigenvalue weighted by Gasteiger charge is 2.24. The molecule has 0 aromatic rings. The Labute approximate surface area is 142 Å². The van der Waals surface area contributed by atoms with Crippen LogP contribution in [0.3, 0.4) is 0 Å². The Kier molecular flexibility index (Phi) is 11.2. The van der Waals surface area contributed by atoms with E-state index in [4.69, 9.17) is 19.9 Å². The second-order valence-corrected chi connectivity index (χ2v) is 6.34. The first-order valence-corrected chi connectivity index (χ1v) is 8.86. The number of hydrogen-bond donors (Lipinski definition) is 1. The van der Waals surface area contributed by atoms with Gasteiger partial charge in [-0.15, -0.1) is 0 Å². The van der Waals surface area contributed by atoms with Gasteiger partial charge in [0.15, 0.2) is 0 Å². The molecule has 1 fully saturated rings. The highest BCUT2D eigenvalue weighted by Crippen LogP contribution is 2.24. The van der Waals surface area contributed by atoms with E-state index < -0.39 is 0 Å². The average molecular weight is 332 g/mol. The molecular weight excluding hydrogens is 296 g/mol. The van der Waals surface area contributed by atoms with Crippen molar-refractivity contribution in [2.24, 2.45) is 17.6 Å². The number of piperidine rings is 1. The standard InChI is InChI=1S/C17H34N2O4.H2/c1-15(2)16-3-7-19(8-4-16)17(20)5-9-21-11-13-23-14-12-22-10-6-18;/h15-16H,3-14,18H2,1-2H3;1H. The van der Waals surface area contributed by atoms with E-state index >= 15 is 0 Å². The number of carbonyl (C=O) groups is 1. The lowest BCUT2D eigenvalue weighted by molar-refractivity contribution is -0.134. The third kappa shape index (κ3) is 9.25. The van der Waals surface area contributed by atoms with Crippen LogP contribution in [-0.4, -0.2) is 70.1 Å². The third-order valence-electron chi connectivity index (χ3n) is 4.30. The van der Waals surface area contributed by atoms with Crippen LogP contribution in [0.4, 0.5) is 0 Å². The maximum Gasteiger partial charge on any atom is 0.224 e. The van der Waals surface area contributed by atoms with E-state index in [2.05, 4.69) is 13.8 Å². The molecular formula is C17H36N2O4. The van der Waals surface area contributed by atoms with Gasteiger partial charge in [0.1, 0.15) is 0 Å². The van der Waals surface area contributed by atoms with Crippen LogP contribution in [0, 0.1) is 11.8 Å². The van der Waals surface area contributed by atoms with Gasteiger partial charge in [0.05, 0.1) is 46.1 Å². The van der Waals surface area contributed by atoms with E-state index in [1.165, 1.54) is 0 Å². The normalized spacial score (nSPS) is 16.3. The van der Waals surface area contributed by atoms with Gasteiger partial charge < -0.3 is 24.8 Å². The van der Waals surface area contributed by atoms with Crippen molar-refractivity contribution < 1.29 is 20.4 Å². The van der Waals surface area contributed by atoms with Gasteiger partial charge in [-0.05, 0) is 24.7 Å². The molecule has 0 aliphatic carbocycles. The third-order valence-corrected chi connectivity index (χ3v) is 4.30. The van der Waals surface area contributed by atoms with Crippen molar-refractivity contribution in [1.29, 1.82) is 0 Å². The van der Waals surface area contributed by atoms with Gasteiger partial charge >= 0.3 is 0 Å². The van der Waals surface area contributed by atoms with Gasteiger partial charge in [-0.1, -0.05) is 13.8 Å². The van der Waals surface area contributed by atoms with Crippen LogP contribution in [0.2, 0.25) is 0 Å². The molecule has 0 bridgehead atoms. The molecule has 138 valence electrons. The minimum atomic E-state index is 0. The Bertz CT molecular complexity index is 311. The molecule has 1 saturated heterocycles. The molecule has 0 aromatic heterocycles. The Morgan fingerprint density at radius 1 is 1.04 bits per heavy atom. The minimum Gasteiger partial charge on any atom is -0.379 e. The first-order chi connectivity index (χ1) is 11.1. The zero-order valence-corrected chi connectivity index (χ0v) is 14.8. The van der Waals surface area contributed by atoms with Crippen molar-refractivity contribution in [3.8, 4) is 0 Å². The molecule has 1 heterocycles. The fourth-order valence-electron chi connectivity index (χ4n) is 2.76. The zero-order chi connectivity index (χ0) is 16.9. The monoisotopic (exact) mass is 332 g/mol. The highest BCUT2D eigenvalue weighted by atomic mass is 16.5. The van der Waals surface area contributed by atoms with Gasteiger partial charge in [0.2, 0.25) is 5.91 Å². The molecule has 2 N–H and O–H groups in total. The van der Waals surface area contributed by atoms with E-state index in [-0.39, 0.29) is 7.33 Å². The number of amides is 1. The Hall–Kier alpha value is -0.690. The van der Waals surface area contributed by atoms with E-state index in [9.17, 15) is 4.79 Å². The summed E-state index contributed by atoms with van der Waals surface area (Å²) in [7, 11) is 0. The quantitative estimate of drug-likeness (QED) is 0.549. The maximum absolute atomic E-state index is 12.1. The topological polar surface area (TPSA) is 74.0 Å². The summed E-state index contributed by atoms with van der Waals surface area (Å²) in [6.45, 7) is 10.0. The van der Waals surface area contributed by atoms with Crippen LogP contribution in [0.15, 0.2) is 0 Å². The molecule has 0 saturated carbocycles. The van der Waals surface area contributed by atoms with E-state index in [0.717, 1.165) is 37.8 Å². The van der Waals surface area contributed by atoms with Gasteiger partial charge in [0.25, 0.3) is 0 Å².